The van der Waals surface area contributed by atoms with Crippen LogP contribution in [0.5, 0.6) is 11.6 Å². The number of benzene rings is 1. The average molecular weight is 420 g/mol. The number of carbonyl (C=O) groups is 1. The Balaban J connectivity index is 1.50. The monoisotopic (exact) mass is 420 g/mol. The normalized spacial score (nSPS) is 13.5. The van der Waals surface area contributed by atoms with E-state index >= 15 is 0 Å². The minimum absolute atomic E-state index is 0.248. The molecule has 31 heavy (non-hydrogen) atoms. The molecule has 3 aromatic rings. The van der Waals surface area contributed by atoms with Crippen molar-refractivity contribution in [3.05, 3.63) is 60.0 Å². The molecule has 160 valence electrons. The lowest BCUT2D eigenvalue weighted by atomic mass is 10.1. The van der Waals surface area contributed by atoms with Crippen LogP contribution in [0.4, 0.5) is 4.79 Å². The van der Waals surface area contributed by atoms with Crippen LogP contribution < -0.4 is 15.4 Å². The fourth-order valence-electron chi connectivity index (χ4n) is 3.50. The summed E-state index contributed by atoms with van der Waals surface area (Å²) in [4.78, 5) is 21.1. The molecule has 0 atom stereocenters. The molecule has 0 unspecified atom stereocenters. The number of amides is 1. The summed E-state index contributed by atoms with van der Waals surface area (Å²) in [6.45, 7) is 5.33. The number of carbonyl (C=O) groups excluding carboxylic acids is 1. The fourth-order valence-corrected chi connectivity index (χ4v) is 3.50. The first-order valence-electron chi connectivity index (χ1n) is 10.0. The van der Waals surface area contributed by atoms with Crippen molar-refractivity contribution in [1.82, 2.24) is 25.2 Å². The highest BCUT2D eigenvalue weighted by Crippen LogP contribution is 2.29. The van der Waals surface area contributed by atoms with Gasteiger partial charge in [0, 0.05) is 36.5 Å². The number of hydrogen-bond acceptors (Lipinski definition) is 7. The van der Waals surface area contributed by atoms with E-state index in [1.54, 1.807) is 24.4 Å². The highest BCUT2D eigenvalue weighted by molar-refractivity contribution is 5.95. The maximum absolute atomic E-state index is 12.6. The molecular formula is C22H24N6O3. The van der Waals surface area contributed by atoms with Crippen LogP contribution >= 0.6 is 0 Å². The SMILES string of the molecule is CC(C)CC(=N)/C=C(\O)NC(=O)n1ccc2cc(Oc3ncnc4c3CNC4)ccc21. The maximum Gasteiger partial charge on any atom is 0.332 e. The molecule has 1 aliphatic rings. The molecule has 2 aromatic heterocycles. The molecule has 0 fully saturated rings. The van der Waals surface area contributed by atoms with Crippen LogP contribution in [0.2, 0.25) is 0 Å². The molecule has 0 spiro atoms. The Morgan fingerprint density at radius 1 is 1.35 bits per heavy atom. The Labute approximate surface area is 179 Å². The smallest absolute Gasteiger partial charge is 0.332 e. The second-order valence-corrected chi connectivity index (χ2v) is 7.80. The van der Waals surface area contributed by atoms with Gasteiger partial charge in [0.05, 0.1) is 16.8 Å². The van der Waals surface area contributed by atoms with Crippen molar-refractivity contribution >= 4 is 22.6 Å². The van der Waals surface area contributed by atoms with E-state index in [1.165, 1.54) is 17.0 Å². The van der Waals surface area contributed by atoms with Crippen LogP contribution in [0, 0.1) is 11.3 Å². The Morgan fingerprint density at radius 2 is 2.19 bits per heavy atom. The lowest BCUT2D eigenvalue weighted by molar-refractivity contribution is 0.239. The number of aromatic nitrogens is 3. The largest absolute Gasteiger partial charge is 0.494 e. The average Bonchev–Trinajstić information content (AvgIpc) is 3.34. The predicted octanol–water partition coefficient (Wildman–Crippen LogP) is 3.85. The van der Waals surface area contributed by atoms with Crippen LogP contribution in [0.25, 0.3) is 10.9 Å². The summed E-state index contributed by atoms with van der Waals surface area (Å²) in [6, 6.07) is 6.62. The second-order valence-electron chi connectivity index (χ2n) is 7.80. The molecule has 9 heteroatoms. The van der Waals surface area contributed by atoms with Crippen molar-refractivity contribution in [2.45, 2.75) is 33.4 Å². The Bertz CT molecular complexity index is 1180. The number of ether oxygens (including phenoxy) is 1. The summed E-state index contributed by atoms with van der Waals surface area (Å²) in [5.41, 5.74) is 2.79. The molecule has 0 radical (unpaired) electrons. The van der Waals surface area contributed by atoms with Gasteiger partial charge >= 0.3 is 6.03 Å². The zero-order valence-corrected chi connectivity index (χ0v) is 17.3. The molecule has 1 aliphatic heterocycles. The van der Waals surface area contributed by atoms with Crippen LogP contribution in [0.1, 0.15) is 31.5 Å². The van der Waals surface area contributed by atoms with Crippen molar-refractivity contribution in [1.29, 1.82) is 5.41 Å². The molecule has 1 amide bonds. The number of aliphatic hydroxyl groups is 1. The van der Waals surface area contributed by atoms with E-state index in [0.717, 1.165) is 16.6 Å². The Hall–Kier alpha value is -3.72. The number of hydrogen-bond donors (Lipinski definition) is 4. The third-order valence-corrected chi connectivity index (χ3v) is 4.86. The van der Waals surface area contributed by atoms with Gasteiger partial charge in [-0.3, -0.25) is 9.88 Å². The molecule has 4 rings (SSSR count). The Kier molecular flexibility index (Phi) is 5.68. The highest BCUT2D eigenvalue weighted by Gasteiger charge is 2.18. The van der Waals surface area contributed by atoms with Gasteiger partial charge in [-0.15, -0.1) is 0 Å². The van der Waals surface area contributed by atoms with Crippen LogP contribution in [-0.4, -0.2) is 31.4 Å². The first kappa shape index (κ1) is 20.5. The summed E-state index contributed by atoms with van der Waals surface area (Å²) in [5.74, 6) is 1.05. The van der Waals surface area contributed by atoms with Crippen LogP contribution in [0.3, 0.4) is 0 Å². The van der Waals surface area contributed by atoms with Crippen molar-refractivity contribution < 1.29 is 14.6 Å². The lowest BCUT2D eigenvalue weighted by Gasteiger charge is -2.09. The molecular weight excluding hydrogens is 396 g/mol. The van der Waals surface area contributed by atoms with Crippen LogP contribution in [-0.2, 0) is 13.1 Å². The molecule has 0 saturated carbocycles. The predicted molar refractivity (Wildman–Crippen MR) is 116 cm³/mol. The Morgan fingerprint density at radius 3 is 3.00 bits per heavy atom. The maximum atomic E-state index is 12.6. The number of rotatable bonds is 6. The zero-order chi connectivity index (χ0) is 22.0. The summed E-state index contributed by atoms with van der Waals surface area (Å²) < 4.78 is 7.36. The van der Waals surface area contributed by atoms with Gasteiger partial charge in [-0.1, -0.05) is 13.8 Å². The first-order valence-corrected chi connectivity index (χ1v) is 10.0. The van der Waals surface area contributed by atoms with Gasteiger partial charge in [-0.25, -0.2) is 14.8 Å². The van der Waals surface area contributed by atoms with E-state index in [9.17, 15) is 9.90 Å². The molecule has 3 heterocycles. The van der Waals surface area contributed by atoms with E-state index in [2.05, 4.69) is 20.6 Å². The minimum Gasteiger partial charge on any atom is -0.494 e. The van der Waals surface area contributed by atoms with Crippen molar-refractivity contribution in [3.63, 3.8) is 0 Å². The molecule has 0 bridgehead atoms. The van der Waals surface area contributed by atoms with E-state index < -0.39 is 6.03 Å². The second kappa shape index (κ2) is 8.57. The molecule has 4 N–H and O–H groups in total. The third-order valence-electron chi connectivity index (χ3n) is 4.86. The zero-order valence-electron chi connectivity index (χ0n) is 17.3. The summed E-state index contributed by atoms with van der Waals surface area (Å²) in [5, 5.41) is 24.3. The number of allylic oxidation sites excluding steroid dienone is 1. The van der Waals surface area contributed by atoms with E-state index in [1.807, 2.05) is 19.9 Å². The summed E-state index contributed by atoms with van der Waals surface area (Å²) in [6.07, 6.45) is 4.87. The van der Waals surface area contributed by atoms with Gasteiger partial charge in [0.15, 0.2) is 5.88 Å². The topological polar surface area (TPSA) is 125 Å². The highest BCUT2D eigenvalue weighted by atomic mass is 16.5. The van der Waals surface area contributed by atoms with Crippen molar-refractivity contribution in [2.75, 3.05) is 0 Å². The van der Waals surface area contributed by atoms with E-state index in [0.29, 0.717) is 36.7 Å². The number of nitrogens with one attached hydrogen (secondary N) is 3. The minimum atomic E-state index is -0.519. The summed E-state index contributed by atoms with van der Waals surface area (Å²) >= 11 is 0. The molecule has 9 nitrogen and oxygen atoms in total. The number of nitrogens with zero attached hydrogens (tertiary/aromatic N) is 3. The van der Waals surface area contributed by atoms with E-state index in [4.69, 9.17) is 10.1 Å². The van der Waals surface area contributed by atoms with E-state index in [-0.39, 0.29) is 17.5 Å². The summed E-state index contributed by atoms with van der Waals surface area (Å²) in [7, 11) is 0. The van der Waals surface area contributed by atoms with Gasteiger partial charge < -0.3 is 20.6 Å². The van der Waals surface area contributed by atoms with Gasteiger partial charge in [-0.05, 0) is 36.6 Å². The van der Waals surface area contributed by atoms with Gasteiger partial charge in [-0.2, -0.15) is 0 Å². The van der Waals surface area contributed by atoms with Gasteiger partial charge in [0.2, 0.25) is 5.88 Å². The third kappa shape index (κ3) is 4.56. The fraction of sp³-hybridized carbons (Fsp3) is 0.273. The number of fused-ring (bicyclic) bond motifs is 2. The molecule has 0 aliphatic carbocycles. The van der Waals surface area contributed by atoms with Gasteiger partial charge in [0.1, 0.15) is 12.1 Å². The van der Waals surface area contributed by atoms with Crippen molar-refractivity contribution in [3.8, 4) is 11.6 Å². The lowest BCUT2D eigenvalue weighted by Crippen LogP contribution is -2.27. The molecule has 1 aromatic carbocycles. The van der Waals surface area contributed by atoms with Crippen LogP contribution in [0.15, 0.2) is 48.7 Å². The number of aliphatic hydroxyl groups excluding tert-OH is 1. The molecule has 0 saturated heterocycles. The van der Waals surface area contributed by atoms with Crippen molar-refractivity contribution in [2.24, 2.45) is 5.92 Å². The quantitative estimate of drug-likeness (QED) is 0.355. The first-order chi connectivity index (χ1) is 14.9. The standard InChI is InChI=1S/C22H24N6O3/c1-13(2)7-15(23)9-20(29)27-22(30)28-6-5-14-8-16(3-4-19(14)28)31-21-17-10-24-11-18(17)25-12-26-21/h3-6,8-9,12-13,23-24,29H,7,10-11H2,1-2H3,(H,27,30)/b20-9-,23-15?. The van der Waals surface area contributed by atoms with Gasteiger partial charge in [0.25, 0.3) is 0 Å².